The highest BCUT2D eigenvalue weighted by Crippen LogP contribution is 2.31. The number of rotatable bonds is 6. The average molecular weight is 334 g/mol. The maximum atomic E-state index is 11.9. The molecule has 1 amide bonds. The number of carbonyl (C=O) groups excluding carboxylic acids is 1. The number of methoxy groups -OCH3 is 1. The molecule has 2 aromatic rings. The Morgan fingerprint density at radius 2 is 1.96 bits per heavy atom. The number of aryl methyl sites for hydroxylation is 1. The van der Waals surface area contributed by atoms with Crippen molar-refractivity contribution < 1.29 is 14.3 Å². The fraction of sp³-hybridized carbons (Fsp3) is 0.278. The fourth-order valence-electron chi connectivity index (χ4n) is 2.34. The lowest BCUT2D eigenvalue weighted by molar-refractivity contribution is -0.139. The van der Waals surface area contributed by atoms with Gasteiger partial charge in [0.1, 0.15) is 12.4 Å². The molecule has 0 saturated heterocycles. The summed E-state index contributed by atoms with van der Waals surface area (Å²) in [5.74, 6) is 0.200. The van der Waals surface area contributed by atoms with Crippen molar-refractivity contribution in [2.24, 2.45) is 5.73 Å². The Kier molecular flexibility index (Phi) is 5.29. The zero-order chi connectivity index (χ0) is 17.0. The standard InChI is InChI=1S/C18H20ClNO3/c1-12-6-4-5-7-16(12)23-11-13-8-9-14(19)10-15(13)18(2,22-3)17(20)21/h4-10H,11H2,1-3H3,(H2,20,21). The SMILES string of the molecule is COC(C)(C(N)=O)c1cc(Cl)ccc1COc1ccccc1C. The van der Waals surface area contributed by atoms with E-state index in [0.29, 0.717) is 10.6 Å². The van der Waals surface area contributed by atoms with E-state index >= 15 is 0 Å². The molecule has 5 heteroatoms. The van der Waals surface area contributed by atoms with E-state index in [4.69, 9.17) is 26.8 Å². The van der Waals surface area contributed by atoms with E-state index in [0.717, 1.165) is 16.9 Å². The van der Waals surface area contributed by atoms with E-state index in [1.807, 2.05) is 37.3 Å². The molecule has 0 radical (unpaired) electrons. The van der Waals surface area contributed by atoms with Crippen LogP contribution in [0, 0.1) is 6.92 Å². The lowest BCUT2D eigenvalue weighted by Crippen LogP contribution is -2.41. The second kappa shape index (κ2) is 7.02. The molecule has 2 aromatic carbocycles. The Hall–Kier alpha value is -2.04. The Bertz CT molecular complexity index is 717. The van der Waals surface area contributed by atoms with E-state index in [1.165, 1.54) is 7.11 Å². The van der Waals surface area contributed by atoms with E-state index in [9.17, 15) is 4.79 Å². The van der Waals surface area contributed by atoms with Gasteiger partial charge in [0.25, 0.3) is 5.91 Å². The zero-order valence-electron chi connectivity index (χ0n) is 13.4. The number of hydrogen-bond donors (Lipinski definition) is 1. The van der Waals surface area contributed by atoms with Crippen LogP contribution in [0.4, 0.5) is 0 Å². The summed E-state index contributed by atoms with van der Waals surface area (Å²) in [4.78, 5) is 11.9. The van der Waals surface area contributed by atoms with Gasteiger partial charge in [-0.25, -0.2) is 0 Å². The van der Waals surface area contributed by atoms with Crippen molar-refractivity contribution in [2.75, 3.05) is 7.11 Å². The molecule has 0 bridgehead atoms. The van der Waals surface area contributed by atoms with Crippen LogP contribution in [0.2, 0.25) is 5.02 Å². The first kappa shape index (κ1) is 17.3. The fourth-order valence-corrected chi connectivity index (χ4v) is 2.51. The minimum absolute atomic E-state index is 0.281. The summed E-state index contributed by atoms with van der Waals surface area (Å²) in [7, 11) is 1.44. The highest BCUT2D eigenvalue weighted by Gasteiger charge is 2.35. The number of para-hydroxylation sites is 1. The maximum absolute atomic E-state index is 11.9. The predicted octanol–water partition coefficient (Wildman–Crippen LogP) is 3.57. The molecule has 23 heavy (non-hydrogen) atoms. The minimum atomic E-state index is -1.27. The highest BCUT2D eigenvalue weighted by atomic mass is 35.5. The van der Waals surface area contributed by atoms with Crippen LogP contribution in [0.15, 0.2) is 42.5 Å². The molecule has 122 valence electrons. The molecular formula is C18H20ClNO3. The second-order valence-corrected chi connectivity index (χ2v) is 5.89. The van der Waals surface area contributed by atoms with Crippen molar-refractivity contribution in [3.63, 3.8) is 0 Å². The number of benzene rings is 2. The van der Waals surface area contributed by atoms with Crippen molar-refractivity contribution in [3.8, 4) is 5.75 Å². The van der Waals surface area contributed by atoms with Crippen LogP contribution in [-0.4, -0.2) is 13.0 Å². The topological polar surface area (TPSA) is 61.5 Å². The summed E-state index contributed by atoms with van der Waals surface area (Å²) in [5.41, 5.74) is 6.68. The van der Waals surface area contributed by atoms with Gasteiger partial charge in [0.2, 0.25) is 0 Å². The van der Waals surface area contributed by atoms with Gasteiger partial charge in [-0.2, -0.15) is 0 Å². The molecule has 2 rings (SSSR count). The van der Waals surface area contributed by atoms with Crippen LogP contribution in [0.25, 0.3) is 0 Å². The third-order valence-electron chi connectivity index (χ3n) is 3.94. The normalized spacial score (nSPS) is 13.4. The van der Waals surface area contributed by atoms with Crippen molar-refractivity contribution >= 4 is 17.5 Å². The molecule has 0 saturated carbocycles. The lowest BCUT2D eigenvalue weighted by Gasteiger charge is -2.27. The molecular weight excluding hydrogens is 314 g/mol. The van der Waals surface area contributed by atoms with E-state index in [2.05, 4.69) is 0 Å². The first-order valence-electron chi connectivity index (χ1n) is 7.21. The molecule has 0 heterocycles. The van der Waals surface area contributed by atoms with Crippen LogP contribution >= 0.6 is 11.6 Å². The molecule has 0 spiro atoms. The monoisotopic (exact) mass is 333 g/mol. The summed E-state index contributed by atoms with van der Waals surface area (Å²) in [5, 5.41) is 0.504. The average Bonchev–Trinajstić information content (AvgIpc) is 2.54. The summed E-state index contributed by atoms with van der Waals surface area (Å²) >= 11 is 6.08. The van der Waals surface area contributed by atoms with Gasteiger partial charge in [0.05, 0.1) is 0 Å². The molecule has 1 atom stereocenters. The molecule has 0 aromatic heterocycles. The molecule has 0 aliphatic rings. The summed E-state index contributed by atoms with van der Waals surface area (Å²) in [6, 6.07) is 13.0. The molecule has 0 aliphatic heterocycles. The van der Waals surface area contributed by atoms with Crippen LogP contribution in [0.5, 0.6) is 5.75 Å². The third-order valence-corrected chi connectivity index (χ3v) is 4.18. The van der Waals surface area contributed by atoms with Gasteiger partial charge >= 0.3 is 0 Å². The quantitative estimate of drug-likeness (QED) is 0.879. The number of primary amides is 1. The second-order valence-electron chi connectivity index (χ2n) is 5.46. The van der Waals surface area contributed by atoms with E-state index in [-0.39, 0.29) is 6.61 Å². The Morgan fingerprint density at radius 3 is 2.57 bits per heavy atom. The smallest absolute Gasteiger partial charge is 0.254 e. The number of nitrogens with two attached hydrogens (primary N) is 1. The highest BCUT2D eigenvalue weighted by molar-refractivity contribution is 6.30. The largest absolute Gasteiger partial charge is 0.489 e. The Morgan fingerprint density at radius 1 is 1.26 bits per heavy atom. The molecule has 0 fully saturated rings. The Labute approximate surface area is 141 Å². The van der Waals surface area contributed by atoms with Crippen LogP contribution in [0.3, 0.4) is 0 Å². The van der Waals surface area contributed by atoms with Gasteiger partial charge in [0, 0.05) is 17.7 Å². The van der Waals surface area contributed by atoms with Gasteiger partial charge in [0.15, 0.2) is 5.60 Å². The number of hydrogen-bond acceptors (Lipinski definition) is 3. The summed E-state index contributed by atoms with van der Waals surface area (Å²) in [6.07, 6.45) is 0. The van der Waals surface area contributed by atoms with Gasteiger partial charge < -0.3 is 15.2 Å². The van der Waals surface area contributed by atoms with E-state index in [1.54, 1.807) is 19.1 Å². The lowest BCUT2D eigenvalue weighted by atomic mass is 9.90. The molecule has 0 aliphatic carbocycles. The number of ether oxygens (including phenoxy) is 2. The van der Waals surface area contributed by atoms with Crippen LogP contribution in [0.1, 0.15) is 23.6 Å². The number of carbonyl (C=O) groups is 1. The van der Waals surface area contributed by atoms with Gasteiger partial charge in [-0.15, -0.1) is 0 Å². The van der Waals surface area contributed by atoms with Gasteiger partial charge in [-0.05, 0) is 43.2 Å². The van der Waals surface area contributed by atoms with Crippen molar-refractivity contribution in [1.82, 2.24) is 0 Å². The first-order valence-corrected chi connectivity index (χ1v) is 7.58. The summed E-state index contributed by atoms with van der Waals surface area (Å²) < 4.78 is 11.2. The molecule has 2 N–H and O–H groups in total. The molecule has 1 unspecified atom stereocenters. The van der Waals surface area contributed by atoms with Crippen molar-refractivity contribution in [2.45, 2.75) is 26.1 Å². The van der Waals surface area contributed by atoms with Gasteiger partial charge in [-0.1, -0.05) is 35.9 Å². The maximum Gasteiger partial charge on any atom is 0.254 e. The summed E-state index contributed by atoms with van der Waals surface area (Å²) in [6.45, 7) is 3.88. The zero-order valence-corrected chi connectivity index (χ0v) is 14.2. The Balaban J connectivity index is 2.36. The number of halogens is 1. The van der Waals surface area contributed by atoms with Crippen molar-refractivity contribution in [1.29, 1.82) is 0 Å². The number of amides is 1. The molecule has 4 nitrogen and oxygen atoms in total. The van der Waals surface area contributed by atoms with Gasteiger partial charge in [-0.3, -0.25) is 4.79 Å². The van der Waals surface area contributed by atoms with E-state index < -0.39 is 11.5 Å². The van der Waals surface area contributed by atoms with Crippen LogP contribution < -0.4 is 10.5 Å². The predicted molar refractivity (Wildman–Crippen MR) is 90.5 cm³/mol. The van der Waals surface area contributed by atoms with Crippen LogP contribution in [-0.2, 0) is 21.7 Å². The third kappa shape index (κ3) is 3.66. The van der Waals surface area contributed by atoms with Crippen molar-refractivity contribution in [3.05, 3.63) is 64.2 Å². The first-order chi connectivity index (χ1) is 10.9. The minimum Gasteiger partial charge on any atom is -0.489 e.